The zero-order valence-corrected chi connectivity index (χ0v) is 21.9. The van der Waals surface area contributed by atoms with Crippen LogP contribution in [0.5, 0.6) is 0 Å². The van der Waals surface area contributed by atoms with E-state index < -0.39 is 5.97 Å². The number of nitrogens with zero attached hydrogens (tertiary/aromatic N) is 4. The molecule has 0 atom stereocenters. The topological polar surface area (TPSA) is 77.3 Å². The van der Waals surface area contributed by atoms with Gasteiger partial charge in [0.1, 0.15) is 5.56 Å². The summed E-state index contributed by atoms with van der Waals surface area (Å²) in [6.45, 7) is 5.56. The van der Waals surface area contributed by atoms with Gasteiger partial charge in [0.25, 0.3) is 5.56 Å². The highest BCUT2D eigenvalue weighted by Crippen LogP contribution is 2.48. The van der Waals surface area contributed by atoms with E-state index in [0.717, 1.165) is 64.7 Å². The van der Waals surface area contributed by atoms with Crippen LogP contribution in [0.1, 0.15) is 61.5 Å². The monoisotopic (exact) mass is 522 g/mol. The molecule has 1 saturated heterocycles. The van der Waals surface area contributed by atoms with E-state index in [0.29, 0.717) is 10.8 Å². The van der Waals surface area contributed by atoms with Crippen LogP contribution in [0.2, 0.25) is 5.02 Å². The molecule has 7 nitrogen and oxygen atoms in total. The summed E-state index contributed by atoms with van der Waals surface area (Å²) in [4.78, 5) is 38.6. The fourth-order valence-corrected chi connectivity index (χ4v) is 6.30. The van der Waals surface area contributed by atoms with Gasteiger partial charge >= 0.3 is 5.97 Å². The molecule has 1 aliphatic carbocycles. The number of pyridine rings is 1. The van der Waals surface area contributed by atoms with E-state index in [-0.39, 0.29) is 23.3 Å². The van der Waals surface area contributed by atoms with Crippen molar-refractivity contribution in [2.75, 3.05) is 18.0 Å². The van der Waals surface area contributed by atoms with E-state index >= 15 is 0 Å². The number of rotatable bonds is 5. The predicted molar refractivity (Wildman–Crippen MR) is 142 cm³/mol. The van der Waals surface area contributed by atoms with Crippen LogP contribution >= 0.6 is 23.4 Å². The van der Waals surface area contributed by atoms with Gasteiger partial charge in [0.05, 0.1) is 11.8 Å². The predicted octanol–water partition coefficient (Wildman–Crippen LogP) is 5.73. The van der Waals surface area contributed by atoms with Crippen molar-refractivity contribution in [2.24, 2.45) is 0 Å². The SMILES string of the molecule is CC(C)OC(=O)c1cc2c(n(C3CC3)c1=O)-c1cc(Cl)c(-c3cnc(N4CCCC4)nc3)cc1SC2. The molecule has 36 heavy (non-hydrogen) atoms. The Hall–Kier alpha value is -2.84. The number of hydrogen-bond acceptors (Lipinski definition) is 7. The molecule has 186 valence electrons. The third-order valence-electron chi connectivity index (χ3n) is 6.83. The molecule has 2 fully saturated rings. The minimum Gasteiger partial charge on any atom is -0.459 e. The molecule has 1 saturated carbocycles. The normalized spacial score (nSPS) is 16.7. The van der Waals surface area contributed by atoms with Gasteiger partial charge < -0.3 is 14.2 Å². The van der Waals surface area contributed by atoms with Gasteiger partial charge in [0.2, 0.25) is 5.95 Å². The van der Waals surface area contributed by atoms with Crippen molar-refractivity contribution in [1.82, 2.24) is 14.5 Å². The lowest BCUT2D eigenvalue weighted by molar-refractivity contribution is 0.0375. The molecule has 6 rings (SSSR count). The van der Waals surface area contributed by atoms with Crippen molar-refractivity contribution in [1.29, 1.82) is 0 Å². The van der Waals surface area contributed by atoms with Gasteiger partial charge in [-0.15, -0.1) is 11.8 Å². The Kier molecular flexibility index (Phi) is 6.04. The maximum Gasteiger partial charge on any atom is 0.344 e. The van der Waals surface area contributed by atoms with Gasteiger partial charge in [-0.3, -0.25) is 4.79 Å². The number of halogens is 1. The minimum atomic E-state index is -0.561. The zero-order valence-electron chi connectivity index (χ0n) is 20.3. The van der Waals surface area contributed by atoms with Crippen molar-refractivity contribution in [2.45, 2.75) is 62.3 Å². The summed E-state index contributed by atoms with van der Waals surface area (Å²) < 4.78 is 7.16. The Morgan fingerprint density at radius 3 is 2.50 bits per heavy atom. The van der Waals surface area contributed by atoms with Crippen LogP contribution < -0.4 is 10.5 Å². The van der Waals surface area contributed by atoms with Gasteiger partial charge in [-0.25, -0.2) is 14.8 Å². The number of carbonyl (C=O) groups excluding carboxylic acids is 1. The van der Waals surface area contributed by atoms with E-state index in [4.69, 9.17) is 16.3 Å². The second-order valence-electron chi connectivity index (χ2n) is 9.88. The largest absolute Gasteiger partial charge is 0.459 e. The number of fused-ring (bicyclic) bond motifs is 3. The third-order valence-corrected chi connectivity index (χ3v) is 8.25. The first-order valence-electron chi connectivity index (χ1n) is 12.4. The average Bonchev–Trinajstić information content (AvgIpc) is 3.54. The summed E-state index contributed by atoms with van der Waals surface area (Å²) >= 11 is 8.50. The standard InChI is InChI=1S/C27H27ClN4O3S/c1-15(2)35-26(34)21-9-16-14-36-23-11-19(17-12-29-27(30-13-17)31-7-3-4-8-31)22(28)10-20(23)24(16)32(25(21)33)18-5-6-18/h9-13,15,18H,3-8,14H2,1-2H3. The number of thioether (sulfide) groups is 1. The van der Waals surface area contributed by atoms with Crippen LogP contribution in [-0.4, -0.2) is 39.7 Å². The molecular weight excluding hydrogens is 496 g/mol. The smallest absolute Gasteiger partial charge is 0.344 e. The van der Waals surface area contributed by atoms with Crippen molar-refractivity contribution in [3.05, 3.63) is 57.1 Å². The first-order valence-corrected chi connectivity index (χ1v) is 13.8. The fourth-order valence-electron chi connectivity index (χ4n) is 4.98. The molecule has 0 N–H and O–H groups in total. The number of aromatic nitrogens is 3. The van der Waals surface area contributed by atoms with Gasteiger partial charge in [0.15, 0.2) is 0 Å². The van der Waals surface area contributed by atoms with E-state index in [1.165, 1.54) is 12.8 Å². The quantitative estimate of drug-likeness (QED) is 0.396. The third kappa shape index (κ3) is 4.20. The number of hydrogen-bond donors (Lipinski definition) is 0. The Balaban J connectivity index is 1.41. The maximum atomic E-state index is 13.5. The van der Waals surface area contributed by atoms with Crippen molar-refractivity contribution >= 4 is 35.3 Å². The van der Waals surface area contributed by atoms with E-state index in [2.05, 4.69) is 20.9 Å². The molecule has 0 amide bonds. The summed E-state index contributed by atoms with van der Waals surface area (Å²) in [5.74, 6) is 0.852. The highest BCUT2D eigenvalue weighted by molar-refractivity contribution is 7.98. The molecule has 3 aliphatic rings. The van der Waals surface area contributed by atoms with Crippen LogP contribution in [-0.2, 0) is 10.5 Å². The van der Waals surface area contributed by atoms with Crippen LogP contribution in [0.3, 0.4) is 0 Å². The zero-order chi connectivity index (χ0) is 25.0. The van der Waals surface area contributed by atoms with Crippen LogP contribution in [0.25, 0.3) is 22.4 Å². The minimum absolute atomic E-state index is 0.0963. The summed E-state index contributed by atoms with van der Waals surface area (Å²) in [6, 6.07) is 5.82. The van der Waals surface area contributed by atoms with Crippen molar-refractivity contribution in [3.63, 3.8) is 0 Å². The second kappa shape index (κ2) is 9.23. The van der Waals surface area contributed by atoms with Crippen LogP contribution in [0.4, 0.5) is 5.95 Å². The molecule has 0 bridgehead atoms. The molecule has 0 unspecified atom stereocenters. The average molecular weight is 523 g/mol. The lowest BCUT2D eigenvalue weighted by Gasteiger charge is -2.25. The van der Waals surface area contributed by atoms with Crippen LogP contribution in [0.15, 0.2) is 40.3 Å². The van der Waals surface area contributed by atoms with Crippen molar-refractivity contribution < 1.29 is 9.53 Å². The summed E-state index contributed by atoms with van der Waals surface area (Å²) in [5, 5.41) is 0.581. The number of carbonyl (C=O) groups is 1. The Bertz CT molecular complexity index is 1410. The lowest BCUT2D eigenvalue weighted by atomic mass is 9.99. The molecule has 3 aromatic rings. The van der Waals surface area contributed by atoms with Crippen molar-refractivity contribution in [3.8, 4) is 22.4 Å². The number of esters is 1. The summed E-state index contributed by atoms with van der Waals surface area (Å²) in [6.07, 6.45) is 7.57. The molecular formula is C27H27ClN4O3S. The Labute approximate surface area is 218 Å². The lowest BCUT2D eigenvalue weighted by Crippen LogP contribution is -2.30. The van der Waals surface area contributed by atoms with Crippen LogP contribution in [0, 0.1) is 0 Å². The first kappa shape index (κ1) is 23.6. The molecule has 0 spiro atoms. The van der Waals surface area contributed by atoms with Gasteiger partial charge in [0, 0.05) is 63.9 Å². The van der Waals surface area contributed by atoms with Gasteiger partial charge in [-0.05, 0) is 63.3 Å². The second-order valence-corrected chi connectivity index (χ2v) is 11.3. The summed E-state index contributed by atoms with van der Waals surface area (Å²) in [7, 11) is 0. The van der Waals surface area contributed by atoms with E-state index in [1.54, 1.807) is 36.2 Å². The first-order chi connectivity index (χ1) is 17.4. The number of ether oxygens (including phenoxy) is 1. The molecule has 1 aromatic carbocycles. The molecule has 2 aromatic heterocycles. The van der Waals surface area contributed by atoms with Gasteiger partial charge in [-0.1, -0.05) is 11.6 Å². The fraction of sp³-hybridized carbons (Fsp3) is 0.407. The maximum absolute atomic E-state index is 13.5. The Morgan fingerprint density at radius 2 is 1.83 bits per heavy atom. The highest BCUT2D eigenvalue weighted by Gasteiger charge is 2.34. The van der Waals surface area contributed by atoms with E-state index in [1.807, 2.05) is 18.5 Å². The van der Waals surface area contributed by atoms with Gasteiger partial charge in [-0.2, -0.15) is 0 Å². The van der Waals surface area contributed by atoms with E-state index in [9.17, 15) is 9.59 Å². The number of benzene rings is 1. The Morgan fingerprint density at radius 1 is 1.11 bits per heavy atom. The molecule has 9 heteroatoms. The summed E-state index contributed by atoms with van der Waals surface area (Å²) in [5.41, 5.74) is 4.31. The number of anilines is 1. The highest BCUT2D eigenvalue weighted by atomic mass is 35.5. The molecule has 4 heterocycles. The molecule has 0 radical (unpaired) electrons. The molecule has 2 aliphatic heterocycles.